The molecule has 6 rings (SSSR count). The van der Waals surface area contributed by atoms with E-state index >= 15 is 0 Å². The molecule has 0 spiro atoms. The van der Waals surface area contributed by atoms with Crippen LogP contribution < -0.4 is 27.0 Å². The first-order chi connectivity index (χ1) is 39.0. The summed E-state index contributed by atoms with van der Waals surface area (Å²) in [6.45, 7) is 0.994. The van der Waals surface area contributed by atoms with Gasteiger partial charge < -0.3 is 141 Å². The van der Waals surface area contributed by atoms with E-state index in [-0.39, 0.29) is 0 Å². The third-order valence-electron chi connectivity index (χ3n) is 15.0. The average Bonchev–Trinajstić information content (AvgIpc) is 3.63. The van der Waals surface area contributed by atoms with E-state index in [4.69, 9.17) is 57.3 Å². The first kappa shape index (κ1) is 68.9. The molecular weight excluding hydrogens is 1150 g/mol. The predicted molar refractivity (Wildman–Crippen MR) is 264 cm³/mol. The minimum atomic E-state index is -4.81. The maximum atomic E-state index is 13.0. The lowest BCUT2D eigenvalue weighted by Gasteiger charge is -2.51. The fourth-order valence-electron chi connectivity index (χ4n) is 10.7. The van der Waals surface area contributed by atoms with Gasteiger partial charge in [0.25, 0.3) is 0 Å². The van der Waals surface area contributed by atoms with Gasteiger partial charge in [-0.2, -0.15) is 8.42 Å². The van der Waals surface area contributed by atoms with E-state index < -0.39 is 257 Å². The van der Waals surface area contributed by atoms with E-state index in [0.29, 0.717) is 0 Å². The second-order valence-corrected chi connectivity index (χ2v) is 22.4. The minimum absolute atomic E-state index is 0.538. The Labute approximate surface area is 474 Å². The molecule has 5 heterocycles. The van der Waals surface area contributed by atoms with Gasteiger partial charge in [-0.1, -0.05) is 0 Å². The Hall–Kier alpha value is -3.21. The summed E-state index contributed by atoms with van der Waals surface area (Å²) in [7, 11) is -4.05. The maximum absolute atomic E-state index is 13.0. The van der Waals surface area contributed by atoms with Crippen LogP contribution in [-0.4, -0.2) is 316 Å². The van der Waals surface area contributed by atoms with E-state index in [1.54, 1.807) is 0 Å². The molecule has 1 saturated carbocycles. The number of amides is 4. The lowest BCUT2D eigenvalue weighted by atomic mass is 9.79. The number of ether oxygens (including phenoxy) is 10. The largest absolute Gasteiger partial charge is 0.399 e. The quantitative estimate of drug-likeness (QED) is 0.0479. The number of hydrogen-bond acceptors (Lipinski definition) is 32. The van der Waals surface area contributed by atoms with E-state index in [2.05, 4.69) is 25.5 Å². The number of hydrogen-bond donors (Lipinski definition) is 18. The van der Waals surface area contributed by atoms with Gasteiger partial charge in [-0.15, -0.1) is 0 Å². The molecule has 5 saturated heterocycles. The highest BCUT2D eigenvalue weighted by Gasteiger charge is 2.58. The van der Waals surface area contributed by atoms with Crippen molar-refractivity contribution in [1.29, 1.82) is 0 Å². The second kappa shape index (κ2) is 29.7. The standard InChI is InChI=1S/C46H79N5O31S/c1-13-29(59)36(66)37(67)46(74-13)72-12-23-41(33(63)26(42(68)76-23)49-15(3)56)75-19-7-18(11-73-83(69,70)71-6)38(32(62)25(19)48-14(2)55)80-44-27(50-16(4)57)35(65)40(22(10-54)78-44)82-45-28(51-17(5)58)34(64)39(21(9-53)79-45)81-43-24(47)31(61)30(60)20(8-52)77-43/h13,18-46,52-54,59-68H,7-12,47H2,1-6H3,(H,48,55)(H,49,56)(H,50,57)(H,51,58). The summed E-state index contributed by atoms with van der Waals surface area (Å²) >= 11 is 0. The molecule has 0 aromatic rings. The highest BCUT2D eigenvalue weighted by molar-refractivity contribution is 7.81. The van der Waals surface area contributed by atoms with Crippen molar-refractivity contribution in [2.45, 2.75) is 219 Å². The SMILES string of the molecule is COS(=O)(=O)OCC1CC(OC2C(COC3OC(C)C(O)C(O)C3O)OC(O)C(NC(C)=O)C2O)C(NC(C)=O)C(O)C1OC1OC(CO)C(OC2OC(CO)C(OC3OC(CO)C(O)C(O)C3N)C(O)C2NC(C)=O)C(O)C1NC(C)=O. The molecule has 4 amide bonds. The van der Waals surface area contributed by atoms with Crippen LogP contribution in [0.15, 0.2) is 0 Å². The molecule has 6 aliphatic rings. The molecular formula is C46H79N5O31S. The van der Waals surface area contributed by atoms with Crippen LogP contribution in [0.4, 0.5) is 0 Å². The van der Waals surface area contributed by atoms with E-state index in [1.807, 2.05) is 0 Å². The summed E-state index contributed by atoms with van der Waals surface area (Å²) in [5.41, 5.74) is 6.05. The van der Waals surface area contributed by atoms with Crippen molar-refractivity contribution in [3.05, 3.63) is 0 Å². The van der Waals surface area contributed by atoms with Crippen LogP contribution in [0, 0.1) is 5.92 Å². The van der Waals surface area contributed by atoms with Crippen molar-refractivity contribution in [2.24, 2.45) is 11.7 Å². The van der Waals surface area contributed by atoms with Crippen LogP contribution in [0.2, 0.25) is 0 Å². The summed E-state index contributed by atoms with van der Waals surface area (Å²) < 4.78 is 94.3. The van der Waals surface area contributed by atoms with Crippen molar-refractivity contribution in [2.75, 3.05) is 40.1 Å². The Balaban J connectivity index is 1.29. The normalized spacial score (nSPS) is 45.2. The third-order valence-corrected chi connectivity index (χ3v) is 15.8. The highest BCUT2D eigenvalue weighted by atomic mass is 32.3. The van der Waals surface area contributed by atoms with Gasteiger partial charge in [0.05, 0.1) is 70.5 Å². The van der Waals surface area contributed by atoms with Crippen LogP contribution in [0.3, 0.4) is 0 Å². The summed E-state index contributed by atoms with van der Waals surface area (Å²) in [6.07, 6.45) is -42.4. The predicted octanol–water partition coefficient (Wildman–Crippen LogP) is -12.0. The summed E-state index contributed by atoms with van der Waals surface area (Å²) in [4.78, 5) is 50.8. The monoisotopic (exact) mass is 1230 g/mol. The molecule has 0 aromatic carbocycles. The first-order valence-electron chi connectivity index (χ1n) is 26.4. The van der Waals surface area contributed by atoms with Gasteiger partial charge in [0.2, 0.25) is 23.6 Å². The zero-order valence-corrected chi connectivity index (χ0v) is 46.5. The van der Waals surface area contributed by atoms with Gasteiger partial charge in [0, 0.05) is 33.6 Å². The fraction of sp³-hybridized carbons (Fsp3) is 0.913. The van der Waals surface area contributed by atoms with E-state index in [9.17, 15) is 94.0 Å². The van der Waals surface area contributed by atoms with Crippen LogP contribution in [0.5, 0.6) is 0 Å². The van der Waals surface area contributed by atoms with E-state index in [1.165, 1.54) is 6.92 Å². The maximum Gasteiger partial charge on any atom is 0.399 e. The zero-order chi connectivity index (χ0) is 61.7. The molecule has 19 N–H and O–H groups in total. The summed E-state index contributed by atoms with van der Waals surface area (Å²) in [5.74, 6) is -4.71. The van der Waals surface area contributed by atoms with Crippen LogP contribution in [0.25, 0.3) is 0 Å². The van der Waals surface area contributed by atoms with Crippen molar-refractivity contribution < 1.29 is 150 Å². The van der Waals surface area contributed by atoms with E-state index in [0.717, 1.165) is 34.8 Å². The molecule has 480 valence electrons. The highest BCUT2D eigenvalue weighted by Crippen LogP contribution is 2.38. The molecule has 37 heteroatoms. The fourth-order valence-corrected chi connectivity index (χ4v) is 11.2. The Bertz CT molecular complexity index is 2250. The van der Waals surface area contributed by atoms with Crippen molar-refractivity contribution in [1.82, 2.24) is 21.3 Å². The molecule has 36 nitrogen and oxygen atoms in total. The number of nitrogens with two attached hydrogens (primary N) is 1. The molecule has 30 unspecified atom stereocenters. The number of nitrogens with one attached hydrogen (secondary N) is 4. The van der Waals surface area contributed by atoms with Crippen LogP contribution in [-0.2, 0) is 85.3 Å². The van der Waals surface area contributed by atoms with Crippen molar-refractivity contribution in [3.63, 3.8) is 0 Å². The van der Waals surface area contributed by atoms with Crippen molar-refractivity contribution >= 4 is 34.0 Å². The Morgan fingerprint density at radius 2 is 0.940 bits per heavy atom. The molecule has 1 aliphatic carbocycles. The smallest absolute Gasteiger partial charge is 0.394 e. The zero-order valence-electron chi connectivity index (χ0n) is 45.7. The molecule has 0 aromatic heterocycles. The summed E-state index contributed by atoms with van der Waals surface area (Å²) in [6, 6.07) is -8.29. The average molecular weight is 1230 g/mol. The Morgan fingerprint density at radius 1 is 0.494 bits per heavy atom. The number of carbonyl (C=O) groups excluding carboxylic acids is 4. The molecule has 0 radical (unpaired) electrons. The van der Waals surface area contributed by atoms with Crippen molar-refractivity contribution in [3.8, 4) is 0 Å². The van der Waals surface area contributed by atoms with Gasteiger partial charge in [-0.25, -0.2) is 4.18 Å². The topological polar surface area (TPSA) is 550 Å². The number of aliphatic hydroxyl groups is 13. The minimum Gasteiger partial charge on any atom is -0.394 e. The number of rotatable bonds is 22. The molecule has 5 aliphatic heterocycles. The molecule has 0 bridgehead atoms. The van der Waals surface area contributed by atoms with Gasteiger partial charge in [-0.3, -0.25) is 23.4 Å². The molecule has 6 fully saturated rings. The lowest BCUT2D eigenvalue weighted by Crippen LogP contribution is -2.71. The Kier molecular flexibility index (Phi) is 24.6. The number of carbonyl (C=O) groups is 4. The summed E-state index contributed by atoms with van der Waals surface area (Å²) in [5, 5.41) is 152. The van der Waals surface area contributed by atoms with Gasteiger partial charge in [0.1, 0.15) is 116 Å². The number of aliphatic hydroxyl groups excluding tert-OH is 13. The molecule has 83 heavy (non-hydrogen) atoms. The Morgan fingerprint density at radius 3 is 1.45 bits per heavy atom. The first-order valence-corrected chi connectivity index (χ1v) is 27.7. The van der Waals surface area contributed by atoms with Gasteiger partial charge in [-0.05, 0) is 13.3 Å². The lowest BCUT2D eigenvalue weighted by molar-refractivity contribution is -0.357. The van der Waals surface area contributed by atoms with Crippen LogP contribution in [0.1, 0.15) is 41.0 Å². The van der Waals surface area contributed by atoms with Crippen LogP contribution >= 0.6 is 0 Å². The molecule has 30 atom stereocenters. The second-order valence-electron chi connectivity index (χ2n) is 21.0. The van der Waals surface area contributed by atoms with Gasteiger partial charge >= 0.3 is 10.4 Å². The van der Waals surface area contributed by atoms with Gasteiger partial charge in [0.15, 0.2) is 31.5 Å². The third kappa shape index (κ3) is 16.3.